The van der Waals surface area contributed by atoms with Crippen molar-refractivity contribution in [2.24, 2.45) is 0 Å². The van der Waals surface area contributed by atoms with E-state index in [1.165, 1.54) is 89.9 Å². The van der Waals surface area contributed by atoms with Crippen molar-refractivity contribution in [3.8, 4) is 0 Å². The number of phosphoric acid groups is 1. The Morgan fingerprint density at radius 2 is 0.980 bits per heavy atom. The van der Waals surface area contributed by atoms with Gasteiger partial charge in [-0.05, 0) is 38.5 Å². The van der Waals surface area contributed by atoms with Gasteiger partial charge in [-0.15, -0.1) is 0 Å². The topological polar surface area (TPSA) is 149 Å². The standard InChI is InChI=1S/C39H75O10P/c1-3-5-7-9-11-13-15-17-19-20-22-24-26-28-30-38(42)46-34-37(35-48-50(44,45)47-33-36(41)32-40)49-39(43)31-29-27-25-23-21-18-16-14-12-10-8-6-4-2/h14,16,36-37,40-41H,3-13,15,17-35H2,1-2H3,(H,44,45)/b16-14-. The predicted octanol–water partition coefficient (Wildman–Crippen LogP) is 10.1. The second-order valence-electron chi connectivity index (χ2n) is 13.7. The van der Waals surface area contributed by atoms with Crippen LogP contribution in [0.5, 0.6) is 0 Å². The van der Waals surface area contributed by atoms with Crippen LogP contribution in [0.15, 0.2) is 12.2 Å². The van der Waals surface area contributed by atoms with Crippen molar-refractivity contribution in [2.75, 3.05) is 26.4 Å². The van der Waals surface area contributed by atoms with Gasteiger partial charge in [-0.1, -0.05) is 148 Å². The fourth-order valence-corrected chi connectivity index (χ4v) is 6.31. The Morgan fingerprint density at radius 1 is 0.580 bits per heavy atom. The largest absolute Gasteiger partial charge is 0.472 e. The highest BCUT2D eigenvalue weighted by Crippen LogP contribution is 2.43. The highest BCUT2D eigenvalue weighted by Gasteiger charge is 2.27. The van der Waals surface area contributed by atoms with Crippen LogP contribution in [0.4, 0.5) is 0 Å². The minimum Gasteiger partial charge on any atom is -0.462 e. The Balaban J connectivity index is 4.33. The smallest absolute Gasteiger partial charge is 0.462 e. The van der Waals surface area contributed by atoms with Crippen LogP contribution in [0.25, 0.3) is 0 Å². The maximum Gasteiger partial charge on any atom is 0.472 e. The molecule has 0 spiro atoms. The van der Waals surface area contributed by atoms with Gasteiger partial charge in [0.1, 0.15) is 12.7 Å². The van der Waals surface area contributed by atoms with Crippen LogP contribution in [-0.2, 0) is 32.7 Å². The summed E-state index contributed by atoms with van der Waals surface area (Å²) in [7, 11) is -4.61. The van der Waals surface area contributed by atoms with Crippen LogP contribution in [0.3, 0.4) is 0 Å². The second-order valence-corrected chi connectivity index (χ2v) is 15.1. The van der Waals surface area contributed by atoms with Gasteiger partial charge >= 0.3 is 19.8 Å². The summed E-state index contributed by atoms with van der Waals surface area (Å²) in [5.74, 6) is -0.928. The molecular formula is C39H75O10P. The van der Waals surface area contributed by atoms with E-state index in [4.69, 9.17) is 19.1 Å². The third kappa shape index (κ3) is 35.1. The number of hydrogen-bond donors (Lipinski definition) is 3. The summed E-state index contributed by atoms with van der Waals surface area (Å²) in [4.78, 5) is 34.8. The van der Waals surface area contributed by atoms with E-state index in [0.717, 1.165) is 57.8 Å². The first kappa shape index (κ1) is 48.7. The fraction of sp³-hybridized carbons (Fsp3) is 0.897. The number of allylic oxidation sites excluding steroid dienone is 2. The fourth-order valence-electron chi connectivity index (χ4n) is 5.52. The first-order chi connectivity index (χ1) is 24.2. The number of unbranched alkanes of at least 4 members (excludes halogenated alkanes) is 22. The van der Waals surface area contributed by atoms with Crippen molar-refractivity contribution < 1.29 is 47.8 Å². The number of carbonyl (C=O) groups is 2. The molecule has 50 heavy (non-hydrogen) atoms. The molecule has 10 nitrogen and oxygen atoms in total. The Labute approximate surface area is 305 Å². The molecule has 3 unspecified atom stereocenters. The van der Waals surface area contributed by atoms with Crippen molar-refractivity contribution in [1.29, 1.82) is 0 Å². The van der Waals surface area contributed by atoms with Crippen molar-refractivity contribution in [2.45, 2.75) is 199 Å². The predicted molar refractivity (Wildman–Crippen MR) is 201 cm³/mol. The van der Waals surface area contributed by atoms with Crippen LogP contribution in [0.2, 0.25) is 0 Å². The number of aliphatic hydroxyl groups is 2. The lowest BCUT2D eigenvalue weighted by molar-refractivity contribution is -0.161. The molecule has 0 amide bonds. The molecule has 0 aliphatic heterocycles. The van der Waals surface area contributed by atoms with Crippen LogP contribution in [0.1, 0.15) is 187 Å². The summed E-state index contributed by atoms with van der Waals surface area (Å²) in [5.41, 5.74) is 0. The van der Waals surface area contributed by atoms with E-state index in [1.807, 2.05) is 0 Å². The Bertz CT molecular complexity index is 853. The number of esters is 2. The monoisotopic (exact) mass is 735 g/mol. The Morgan fingerprint density at radius 3 is 1.46 bits per heavy atom. The molecule has 0 heterocycles. The summed E-state index contributed by atoms with van der Waals surface area (Å²) in [6.45, 7) is 2.36. The summed E-state index contributed by atoms with van der Waals surface area (Å²) < 4.78 is 32.6. The summed E-state index contributed by atoms with van der Waals surface area (Å²) in [6, 6.07) is 0. The Kier molecular flexibility index (Phi) is 35.2. The third-order valence-corrected chi connectivity index (χ3v) is 9.62. The highest BCUT2D eigenvalue weighted by molar-refractivity contribution is 7.47. The van der Waals surface area contributed by atoms with E-state index in [9.17, 15) is 24.2 Å². The second kappa shape index (κ2) is 36.1. The van der Waals surface area contributed by atoms with Gasteiger partial charge in [0, 0.05) is 12.8 Å². The first-order valence-electron chi connectivity index (χ1n) is 20.1. The van der Waals surface area contributed by atoms with Gasteiger partial charge in [-0.25, -0.2) is 4.57 Å². The number of ether oxygens (including phenoxy) is 2. The quantitative estimate of drug-likeness (QED) is 0.0242. The summed E-state index contributed by atoms with van der Waals surface area (Å²) in [5, 5.41) is 18.3. The van der Waals surface area contributed by atoms with Gasteiger partial charge in [0.2, 0.25) is 0 Å². The lowest BCUT2D eigenvalue weighted by atomic mass is 10.0. The van der Waals surface area contributed by atoms with E-state index in [1.54, 1.807) is 0 Å². The van der Waals surface area contributed by atoms with E-state index in [0.29, 0.717) is 12.8 Å². The highest BCUT2D eigenvalue weighted by atomic mass is 31.2. The van der Waals surface area contributed by atoms with Crippen molar-refractivity contribution in [3.63, 3.8) is 0 Å². The lowest BCUT2D eigenvalue weighted by Gasteiger charge is -2.20. The van der Waals surface area contributed by atoms with E-state index >= 15 is 0 Å². The maximum absolute atomic E-state index is 12.5. The lowest BCUT2D eigenvalue weighted by Crippen LogP contribution is -2.29. The molecule has 0 bridgehead atoms. The summed E-state index contributed by atoms with van der Waals surface area (Å²) >= 11 is 0. The number of aliphatic hydroxyl groups excluding tert-OH is 2. The molecule has 0 aromatic heterocycles. The normalized spacial score (nSPS) is 14.1. The number of phosphoric ester groups is 1. The first-order valence-corrected chi connectivity index (χ1v) is 21.6. The Hall–Kier alpha value is -1.29. The van der Waals surface area contributed by atoms with Crippen molar-refractivity contribution in [1.82, 2.24) is 0 Å². The zero-order valence-corrected chi connectivity index (χ0v) is 32.8. The number of hydrogen-bond acceptors (Lipinski definition) is 9. The SMILES string of the molecule is CCCCCC/C=C\CCCCCCCC(=O)OC(COC(=O)CCCCCCCCCCCCCCCC)COP(=O)(O)OCC(O)CO. The van der Waals surface area contributed by atoms with Crippen molar-refractivity contribution in [3.05, 3.63) is 12.2 Å². The minimum atomic E-state index is -4.61. The summed E-state index contributed by atoms with van der Waals surface area (Å²) in [6.07, 6.45) is 31.8. The van der Waals surface area contributed by atoms with Crippen LogP contribution < -0.4 is 0 Å². The van der Waals surface area contributed by atoms with Crippen molar-refractivity contribution >= 4 is 19.8 Å². The maximum atomic E-state index is 12.5. The van der Waals surface area contributed by atoms with Gasteiger partial charge in [0.25, 0.3) is 0 Å². The molecule has 11 heteroatoms. The number of carbonyl (C=O) groups excluding carboxylic acids is 2. The van der Waals surface area contributed by atoms with Gasteiger partial charge in [0.05, 0.1) is 19.8 Å². The molecule has 0 saturated carbocycles. The average Bonchev–Trinajstić information content (AvgIpc) is 3.10. The zero-order chi connectivity index (χ0) is 37.0. The van der Waals surface area contributed by atoms with Crippen LogP contribution in [0, 0.1) is 0 Å². The van der Waals surface area contributed by atoms with Gasteiger partial charge in [0.15, 0.2) is 6.10 Å². The van der Waals surface area contributed by atoms with Crippen LogP contribution >= 0.6 is 7.82 Å². The molecule has 0 saturated heterocycles. The van der Waals surface area contributed by atoms with Crippen LogP contribution in [-0.4, -0.2) is 65.7 Å². The van der Waals surface area contributed by atoms with Gasteiger partial charge in [-0.2, -0.15) is 0 Å². The molecule has 0 aromatic carbocycles. The third-order valence-electron chi connectivity index (χ3n) is 8.67. The molecule has 3 N–H and O–H groups in total. The molecule has 0 aliphatic rings. The molecule has 296 valence electrons. The number of rotatable bonds is 38. The molecule has 0 fully saturated rings. The minimum absolute atomic E-state index is 0.178. The molecule has 3 atom stereocenters. The average molecular weight is 735 g/mol. The van der Waals surface area contributed by atoms with E-state index < -0.39 is 51.8 Å². The molecular weight excluding hydrogens is 659 g/mol. The van der Waals surface area contributed by atoms with Gasteiger partial charge in [-0.3, -0.25) is 18.6 Å². The van der Waals surface area contributed by atoms with E-state index in [2.05, 4.69) is 30.5 Å². The zero-order valence-electron chi connectivity index (χ0n) is 31.9. The molecule has 0 aliphatic carbocycles. The molecule has 0 radical (unpaired) electrons. The van der Waals surface area contributed by atoms with E-state index in [-0.39, 0.29) is 19.4 Å². The van der Waals surface area contributed by atoms with Gasteiger partial charge < -0.3 is 24.6 Å². The molecule has 0 rings (SSSR count). The molecule has 0 aromatic rings.